The van der Waals surface area contributed by atoms with Crippen LogP contribution in [-0.4, -0.2) is 122 Å². The molecule has 1 amide bonds. The topological polar surface area (TPSA) is 186 Å². The second-order valence-electron chi connectivity index (χ2n) is 14.8. The molecule has 3 aliphatic rings. The molecule has 3 aromatic heterocycles. The Morgan fingerprint density at radius 1 is 0.857 bits per heavy atom. The van der Waals surface area contributed by atoms with Gasteiger partial charge in [-0.05, 0) is 111 Å². The minimum absolute atomic E-state index is 0.0304. The number of aryl methyl sites for hydroxylation is 3. The Kier molecular flexibility index (Phi) is 12.8. The molecule has 3 aromatic rings. The van der Waals surface area contributed by atoms with E-state index >= 15 is 0 Å². The molecule has 6 heterocycles. The molecule has 0 aliphatic carbocycles. The Balaban J connectivity index is 1.21. The number of nitrogens with one attached hydrogen (secondary N) is 2. The lowest BCUT2D eigenvalue weighted by atomic mass is 9.98. The van der Waals surface area contributed by atoms with E-state index in [9.17, 15) is 25.2 Å². The highest BCUT2D eigenvalue weighted by atomic mass is 16.7. The second-order valence-corrected chi connectivity index (χ2v) is 14.8. The highest BCUT2D eigenvalue weighted by Gasteiger charge is 2.44. The van der Waals surface area contributed by atoms with Gasteiger partial charge >= 0.3 is 0 Å². The molecule has 1 fully saturated rings. The maximum Gasteiger partial charge on any atom is 0.222 e. The van der Waals surface area contributed by atoms with E-state index in [4.69, 9.17) is 24.2 Å². The average molecular weight is 770 g/mol. The molecular formula is C43H55N5O8. The first-order valence-electron chi connectivity index (χ1n) is 19.3. The second kappa shape index (κ2) is 17.3. The number of amides is 1. The van der Waals surface area contributed by atoms with Crippen molar-refractivity contribution in [1.82, 2.24) is 24.8 Å². The van der Waals surface area contributed by atoms with Crippen LogP contribution in [0.15, 0.2) is 30.8 Å². The summed E-state index contributed by atoms with van der Waals surface area (Å²) in [6.45, 7) is 17.0. The fourth-order valence-electron chi connectivity index (χ4n) is 7.61. The predicted molar refractivity (Wildman–Crippen MR) is 218 cm³/mol. The summed E-state index contributed by atoms with van der Waals surface area (Å²) >= 11 is 0. The fourth-order valence-corrected chi connectivity index (χ4v) is 7.61. The zero-order valence-corrected chi connectivity index (χ0v) is 33.4. The SMILES string of the molecule is C=Cc1c(C)c2cc3nc(c(C)c4cc(C)c(cc5nc(cc1[nH]2)C(C)=C5CC)[nH]4)C(CCC(=O)N(C)CCOCCO[C@@H]1O[C@H](CO)[C@@H](O)[C@H](O)[C@H]1O)=C3C. The third-order valence-electron chi connectivity index (χ3n) is 11.3. The van der Waals surface area contributed by atoms with Gasteiger partial charge in [-0.1, -0.05) is 19.6 Å². The Labute approximate surface area is 327 Å². The molecule has 5 atom stereocenters. The molecule has 13 nitrogen and oxygen atoms in total. The minimum atomic E-state index is -1.51. The monoisotopic (exact) mass is 769 g/mol. The summed E-state index contributed by atoms with van der Waals surface area (Å²) in [5.41, 5.74) is 16.0. The summed E-state index contributed by atoms with van der Waals surface area (Å²) in [4.78, 5) is 32.6. The molecule has 0 unspecified atom stereocenters. The van der Waals surface area contributed by atoms with Crippen LogP contribution in [0.25, 0.3) is 50.4 Å². The van der Waals surface area contributed by atoms with Crippen molar-refractivity contribution in [2.24, 2.45) is 0 Å². The van der Waals surface area contributed by atoms with Gasteiger partial charge in [0.1, 0.15) is 24.4 Å². The Morgan fingerprint density at radius 2 is 1.52 bits per heavy atom. The molecule has 0 aromatic carbocycles. The highest BCUT2D eigenvalue weighted by Crippen LogP contribution is 2.37. The first kappa shape index (κ1) is 41.2. The lowest BCUT2D eigenvalue weighted by Gasteiger charge is -2.39. The number of nitrogens with zero attached hydrogens (tertiary/aromatic N) is 3. The van der Waals surface area contributed by atoms with Gasteiger partial charge in [0.05, 0.1) is 49.2 Å². The summed E-state index contributed by atoms with van der Waals surface area (Å²) in [7, 11) is 1.74. The zero-order valence-electron chi connectivity index (χ0n) is 33.4. The van der Waals surface area contributed by atoms with Gasteiger partial charge in [-0.3, -0.25) is 4.79 Å². The van der Waals surface area contributed by atoms with Crippen molar-refractivity contribution in [1.29, 1.82) is 0 Å². The van der Waals surface area contributed by atoms with Crippen molar-refractivity contribution in [2.75, 3.05) is 40.0 Å². The molecule has 8 bridgehead atoms. The van der Waals surface area contributed by atoms with Crippen molar-refractivity contribution >= 4 is 56.3 Å². The van der Waals surface area contributed by atoms with E-state index in [1.165, 1.54) is 5.57 Å². The van der Waals surface area contributed by atoms with Gasteiger partial charge in [0, 0.05) is 47.6 Å². The van der Waals surface area contributed by atoms with Crippen LogP contribution in [0.4, 0.5) is 0 Å². The lowest BCUT2D eigenvalue weighted by molar-refractivity contribution is -0.302. The molecule has 13 heteroatoms. The van der Waals surface area contributed by atoms with Crippen LogP contribution < -0.4 is 0 Å². The van der Waals surface area contributed by atoms with E-state index < -0.39 is 37.3 Å². The van der Waals surface area contributed by atoms with Gasteiger partial charge in [-0.15, -0.1) is 0 Å². The van der Waals surface area contributed by atoms with Crippen molar-refractivity contribution in [2.45, 2.75) is 91.5 Å². The summed E-state index contributed by atoms with van der Waals surface area (Å²) in [6, 6.07) is 8.48. The largest absolute Gasteiger partial charge is 0.394 e. The van der Waals surface area contributed by atoms with Gasteiger partial charge in [0.2, 0.25) is 5.91 Å². The van der Waals surface area contributed by atoms with E-state index in [0.717, 1.165) is 90.2 Å². The molecule has 0 radical (unpaired) electrons. The molecule has 6 N–H and O–H groups in total. The number of likely N-dealkylation sites (N-methyl/N-ethyl adjacent to an activating group) is 1. The molecule has 6 rings (SSSR count). The molecule has 0 saturated carbocycles. The number of carbonyl (C=O) groups is 1. The van der Waals surface area contributed by atoms with E-state index in [1.54, 1.807) is 11.9 Å². The van der Waals surface area contributed by atoms with E-state index in [1.807, 2.05) is 6.08 Å². The molecule has 1 saturated heterocycles. The number of carbonyl (C=O) groups excluding carboxylic acids is 1. The number of ether oxygens (including phenoxy) is 3. The summed E-state index contributed by atoms with van der Waals surface area (Å²) in [6.07, 6.45) is -3.20. The predicted octanol–water partition coefficient (Wildman–Crippen LogP) is 5.23. The van der Waals surface area contributed by atoms with Crippen LogP contribution in [0.2, 0.25) is 0 Å². The summed E-state index contributed by atoms with van der Waals surface area (Å²) in [5, 5.41) is 39.4. The van der Waals surface area contributed by atoms with Crippen LogP contribution in [0, 0.1) is 20.8 Å². The van der Waals surface area contributed by atoms with Crippen LogP contribution in [0.1, 0.15) is 85.1 Å². The molecule has 3 aliphatic heterocycles. The maximum absolute atomic E-state index is 13.4. The molecule has 0 spiro atoms. The van der Waals surface area contributed by atoms with Crippen LogP contribution in [-0.2, 0) is 19.0 Å². The standard InChI is InChI=1S/C43H55N5O8/c1-9-27-24(5)33-20-36-28(10-2)23(4)32(45-36)19-34-25(6)29(39(47-34)26(7)31-17-22(3)30(44-31)18-35(27)46-33)11-12-38(50)48(8)13-14-54-15-16-55-43-42(53)41(52)40(51)37(21-49)56-43/h10,17-20,37,40-45,49,51-53H,2,9,11-16,21H2,1,3-8H3/t37-,40-,41+,42-,43-/m1/s1. The van der Waals surface area contributed by atoms with Gasteiger partial charge < -0.3 is 49.5 Å². The molecule has 56 heavy (non-hydrogen) atoms. The van der Waals surface area contributed by atoms with Crippen molar-refractivity contribution in [3.63, 3.8) is 0 Å². The first-order valence-corrected chi connectivity index (χ1v) is 19.3. The van der Waals surface area contributed by atoms with E-state index in [0.29, 0.717) is 13.0 Å². The number of rotatable bonds is 13. The third kappa shape index (κ3) is 8.16. The quantitative estimate of drug-likeness (QED) is 0.126. The average Bonchev–Trinajstić information content (AvgIpc) is 3.89. The van der Waals surface area contributed by atoms with Crippen LogP contribution in [0.3, 0.4) is 0 Å². The van der Waals surface area contributed by atoms with Crippen molar-refractivity contribution < 1.29 is 39.4 Å². The fraction of sp³-hybridized carbons (Fsp3) is 0.465. The normalized spacial score (nSPS) is 21.2. The van der Waals surface area contributed by atoms with Crippen molar-refractivity contribution in [3.05, 3.63) is 75.9 Å². The highest BCUT2D eigenvalue weighted by molar-refractivity contribution is 5.96. The van der Waals surface area contributed by atoms with Gasteiger partial charge in [-0.25, -0.2) is 9.97 Å². The number of H-pyrrole nitrogens is 2. The number of allylic oxidation sites excluding steroid dienone is 4. The minimum Gasteiger partial charge on any atom is -0.394 e. The number of hydrogen-bond donors (Lipinski definition) is 6. The maximum atomic E-state index is 13.4. The van der Waals surface area contributed by atoms with E-state index in [2.05, 4.69) is 82.4 Å². The number of aromatic amines is 2. The van der Waals surface area contributed by atoms with Crippen LogP contribution in [0.5, 0.6) is 0 Å². The molecular weight excluding hydrogens is 715 g/mol. The summed E-state index contributed by atoms with van der Waals surface area (Å²) < 4.78 is 16.5. The Hall–Kier alpha value is -4.47. The Bertz CT molecular complexity index is 2220. The Morgan fingerprint density at radius 3 is 2.23 bits per heavy atom. The number of hydrogen-bond acceptors (Lipinski definition) is 10. The lowest BCUT2D eigenvalue weighted by Crippen LogP contribution is -2.59. The number of aliphatic hydroxyl groups excluding tert-OH is 4. The smallest absolute Gasteiger partial charge is 0.222 e. The first-order chi connectivity index (χ1) is 26.8. The summed E-state index contributed by atoms with van der Waals surface area (Å²) in [5.74, 6) is -0.0358. The van der Waals surface area contributed by atoms with Gasteiger partial charge in [0.25, 0.3) is 0 Å². The molecule has 300 valence electrons. The van der Waals surface area contributed by atoms with Gasteiger partial charge in [0.15, 0.2) is 6.29 Å². The zero-order chi connectivity index (χ0) is 40.4. The van der Waals surface area contributed by atoms with Crippen LogP contribution >= 0.6 is 0 Å². The number of fused-ring (bicyclic) bond motifs is 8. The number of aromatic nitrogens is 4. The number of aliphatic hydroxyl groups is 4. The van der Waals surface area contributed by atoms with Crippen molar-refractivity contribution in [3.8, 4) is 0 Å². The third-order valence-corrected chi connectivity index (χ3v) is 11.3. The van der Waals surface area contributed by atoms with E-state index in [-0.39, 0.29) is 32.1 Å². The van der Waals surface area contributed by atoms with Gasteiger partial charge in [-0.2, -0.15) is 0 Å².